The zero-order valence-electron chi connectivity index (χ0n) is 6.73. The van der Waals surface area contributed by atoms with Crippen molar-refractivity contribution in [2.45, 2.75) is 6.42 Å². The van der Waals surface area contributed by atoms with E-state index in [0.29, 0.717) is 0 Å². The first kappa shape index (κ1) is 7.40. The van der Waals surface area contributed by atoms with Crippen molar-refractivity contribution in [2.24, 2.45) is 0 Å². The summed E-state index contributed by atoms with van der Waals surface area (Å²) in [6.45, 7) is 1.86. The van der Waals surface area contributed by atoms with Gasteiger partial charge in [-0.15, -0.1) is 0 Å². The Balaban J connectivity index is 2.36. The average Bonchev–Trinajstić information content (AvgIpc) is 2.28. The fraction of sp³-hybridized carbons (Fsp3) is 0.333. The standard InChI is InChI=1S/C9H11FN2/c10-7-2-3-8-9(6-7)12-5-1-4-11-8/h2-3,6,11-12H,1,4-5H2. The summed E-state index contributed by atoms with van der Waals surface area (Å²) in [5.41, 5.74) is 1.86. The average molecular weight is 166 g/mol. The highest BCUT2D eigenvalue weighted by Gasteiger charge is 2.05. The zero-order valence-corrected chi connectivity index (χ0v) is 6.73. The summed E-state index contributed by atoms with van der Waals surface area (Å²) in [4.78, 5) is 0. The van der Waals surface area contributed by atoms with E-state index in [1.165, 1.54) is 12.1 Å². The number of halogens is 1. The minimum atomic E-state index is -0.190. The van der Waals surface area contributed by atoms with Crippen LogP contribution in [-0.4, -0.2) is 13.1 Å². The highest BCUT2D eigenvalue weighted by molar-refractivity contribution is 5.69. The molecule has 1 aliphatic heterocycles. The van der Waals surface area contributed by atoms with Crippen molar-refractivity contribution < 1.29 is 4.39 Å². The van der Waals surface area contributed by atoms with Crippen LogP contribution in [0.25, 0.3) is 0 Å². The first-order chi connectivity index (χ1) is 5.86. The molecule has 3 heteroatoms. The summed E-state index contributed by atoms with van der Waals surface area (Å²) >= 11 is 0. The van der Waals surface area contributed by atoms with Crippen LogP contribution in [0.1, 0.15) is 6.42 Å². The van der Waals surface area contributed by atoms with Crippen LogP contribution in [0.2, 0.25) is 0 Å². The van der Waals surface area contributed by atoms with Gasteiger partial charge in [-0.1, -0.05) is 0 Å². The number of hydrogen-bond acceptors (Lipinski definition) is 2. The Labute approximate surface area is 70.8 Å². The van der Waals surface area contributed by atoms with Crippen molar-refractivity contribution in [3.8, 4) is 0 Å². The van der Waals surface area contributed by atoms with E-state index in [0.717, 1.165) is 30.9 Å². The third-order valence-corrected chi connectivity index (χ3v) is 1.97. The van der Waals surface area contributed by atoms with Crippen LogP contribution in [0.5, 0.6) is 0 Å². The second-order valence-corrected chi connectivity index (χ2v) is 2.90. The molecule has 64 valence electrons. The van der Waals surface area contributed by atoms with Gasteiger partial charge in [-0.25, -0.2) is 4.39 Å². The highest BCUT2D eigenvalue weighted by atomic mass is 19.1. The van der Waals surface area contributed by atoms with Gasteiger partial charge in [0, 0.05) is 13.1 Å². The SMILES string of the molecule is Fc1ccc2c(c1)NCCCN2. The topological polar surface area (TPSA) is 24.1 Å². The van der Waals surface area contributed by atoms with Gasteiger partial charge in [0.15, 0.2) is 0 Å². The van der Waals surface area contributed by atoms with Gasteiger partial charge < -0.3 is 10.6 Å². The molecular weight excluding hydrogens is 155 g/mol. The molecule has 0 aromatic heterocycles. The fourth-order valence-electron chi connectivity index (χ4n) is 1.35. The van der Waals surface area contributed by atoms with Crippen molar-refractivity contribution in [3.05, 3.63) is 24.0 Å². The van der Waals surface area contributed by atoms with Crippen LogP contribution in [0, 0.1) is 5.82 Å². The summed E-state index contributed by atoms with van der Waals surface area (Å²) in [6.07, 6.45) is 1.07. The van der Waals surface area contributed by atoms with Crippen LogP contribution in [0.3, 0.4) is 0 Å². The molecule has 0 saturated heterocycles. The lowest BCUT2D eigenvalue weighted by Gasteiger charge is -2.07. The van der Waals surface area contributed by atoms with Crippen molar-refractivity contribution >= 4 is 11.4 Å². The minimum absolute atomic E-state index is 0.190. The Kier molecular flexibility index (Phi) is 1.86. The van der Waals surface area contributed by atoms with E-state index in [9.17, 15) is 4.39 Å². The Morgan fingerprint density at radius 1 is 1.08 bits per heavy atom. The molecule has 1 aromatic rings. The van der Waals surface area contributed by atoms with Crippen LogP contribution in [0.4, 0.5) is 15.8 Å². The zero-order chi connectivity index (χ0) is 8.39. The van der Waals surface area contributed by atoms with E-state index in [2.05, 4.69) is 10.6 Å². The maximum atomic E-state index is 12.8. The summed E-state index contributed by atoms with van der Waals surface area (Å²) < 4.78 is 12.8. The van der Waals surface area contributed by atoms with Crippen LogP contribution < -0.4 is 10.6 Å². The number of fused-ring (bicyclic) bond motifs is 1. The van der Waals surface area contributed by atoms with Gasteiger partial charge in [0.25, 0.3) is 0 Å². The number of benzene rings is 1. The monoisotopic (exact) mass is 166 g/mol. The molecule has 1 heterocycles. The lowest BCUT2D eigenvalue weighted by Crippen LogP contribution is -2.01. The molecule has 2 rings (SSSR count). The van der Waals surface area contributed by atoms with E-state index in [1.807, 2.05) is 0 Å². The molecule has 0 bridgehead atoms. The maximum absolute atomic E-state index is 12.8. The first-order valence-corrected chi connectivity index (χ1v) is 4.13. The molecule has 0 amide bonds. The van der Waals surface area contributed by atoms with Gasteiger partial charge in [0.05, 0.1) is 11.4 Å². The molecule has 0 radical (unpaired) electrons. The van der Waals surface area contributed by atoms with Gasteiger partial charge >= 0.3 is 0 Å². The predicted molar refractivity (Wildman–Crippen MR) is 48.0 cm³/mol. The first-order valence-electron chi connectivity index (χ1n) is 4.13. The van der Waals surface area contributed by atoms with E-state index < -0.39 is 0 Å². The Bertz CT molecular complexity index is 286. The molecule has 0 aliphatic carbocycles. The normalized spacial score (nSPS) is 15.4. The van der Waals surface area contributed by atoms with Gasteiger partial charge in [0.2, 0.25) is 0 Å². The molecule has 0 atom stereocenters. The molecule has 0 saturated carbocycles. The third kappa shape index (κ3) is 1.35. The van der Waals surface area contributed by atoms with E-state index in [4.69, 9.17) is 0 Å². The Hall–Kier alpha value is -1.25. The summed E-state index contributed by atoms with van der Waals surface area (Å²) in [5, 5.41) is 6.39. The third-order valence-electron chi connectivity index (χ3n) is 1.97. The Morgan fingerprint density at radius 3 is 2.67 bits per heavy atom. The van der Waals surface area contributed by atoms with Crippen molar-refractivity contribution in [3.63, 3.8) is 0 Å². The molecular formula is C9H11FN2. The quantitative estimate of drug-likeness (QED) is 0.616. The molecule has 1 aromatic carbocycles. The fourth-order valence-corrected chi connectivity index (χ4v) is 1.35. The van der Waals surface area contributed by atoms with Crippen molar-refractivity contribution in [2.75, 3.05) is 23.7 Å². The second-order valence-electron chi connectivity index (χ2n) is 2.90. The lowest BCUT2D eigenvalue weighted by atomic mass is 10.2. The van der Waals surface area contributed by atoms with Crippen LogP contribution >= 0.6 is 0 Å². The number of anilines is 2. The lowest BCUT2D eigenvalue weighted by molar-refractivity contribution is 0.628. The summed E-state index contributed by atoms with van der Waals surface area (Å²) in [7, 11) is 0. The van der Waals surface area contributed by atoms with E-state index in [-0.39, 0.29) is 5.82 Å². The van der Waals surface area contributed by atoms with Crippen LogP contribution in [0.15, 0.2) is 18.2 Å². The highest BCUT2D eigenvalue weighted by Crippen LogP contribution is 2.24. The maximum Gasteiger partial charge on any atom is 0.125 e. The minimum Gasteiger partial charge on any atom is -0.383 e. The smallest absolute Gasteiger partial charge is 0.125 e. The van der Waals surface area contributed by atoms with Gasteiger partial charge in [-0.2, -0.15) is 0 Å². The summed E-state index contributed by atoms with van der Waals surface area (Å²) in [5.74, 6) is -0.190. The predicted octanol–water partition coefficient (Wildman–Crippen LogP) is 2.05. The van der Waals surface area contributed by atoms with Gasteiger partial charge in [-0.3, -0.25) is 0 Å². The van der Waals surface area contributed by atoms with E-state index in [1.54, 1.807) is 6.07 Å². The van der Waals surface area contributed by atoms with Crippen molar-refractivity contribution in [1.29, 1.82) is 0 Å². The molecule has 2 nitrogen and oxygen atoms in total. The van der Waals surface area contributed by atoms with Crippen molar-refractivity contribution in [1.82, 2.24) is 0 Å². The molecule has 1 aliphatic rings. The molecule has 12 heavy (non-hydrogen) atoms. The summed E-state index contributed by atoms with van der Waals surface area (Å²) in [6, 6.07) is 4.76. The largest absolute Gasteiger partial charge is 0.383 e. The Morgan fingerprint density at radius 2 is 1.83 bits per heavy atom. The number of rotatable bonds is 0. The molecule has 0 spiro atoms. The van der Waals surface area contributed by atoms with Gasteiger partial charge in [0.1, 0.15) is 5.82 Å². The number of nitrogens with one attached hydrogen (secondary N) is 2. The molecule has 0 unspecified atom stereocenters. The molecule has 0 fully saturated rings. The van der Waals surface area contributed by atoms with Crippen LogP contribution in [-0.2, 0) is 0 Å². The van der Waals surface area contributed by atoms with E-state index >= 15 is 0 Å². The van der Waals surface area contributed by atoms with Gasteiger partial charge in [-0.05, 0) is 24.6 Å². The second kappa shape index (κ2) is 3.01. The number of hydrogen-bond donors (Lipinski definition) is 2. The molecule has 2 N–H and O–H groups in total.